The molecule has 1 fully saturated rings. The van der Waals surface area contributed by atoms with Crippen LogP contribution in [0.1, 0.15) is 68.4 Å². The molecule has 8 heteroatoms. The number of aromatic nitrogens is 3. The Hall–Kier alpha value is -2.95. The minimum absolute atomic E-state index is 0.0929. The van der Waals surface area contributed by atoms with E-state index in [-0.39, 0.29) is 28.4 Å². The Morgan fingerprint density at radius 2 is 2.14 bits per heavy atom. The zero-order valence-electron chi connectivity index (χ0n) is 16.4. The Morgan fingerprint density at radius 1 is 1.43 bits per heavy atom. The zero-order chi connectivity index (χ0) is 20.4. The Balaban J connectivity index is 2.21. The van der Waals surface area contributed by atoms with Gasteiger partial charge in [0.2, 0.25) is 0 Å². The molecule has 0 aromatic carbocycles. The number of carbonyl (C=O) groups is 1. The summed E-state index contributed by atoms with van der Waals surface area (Å²) in [4.78, 5) is 44.8. The summed E-state index contributed by atoms with van der Waals surface area (Å²) in [6.07, 6.45) is 3.20. The van der Waals surface area contributed by atoms with Gasteiger partial charge in [0.25, 0.3) is 11.5 Å². The number of fused-ring (bicyclic) bond motifs is 1. The third-order valence-corrected chi connectivity index (χ3v) is 4.80. The summed E-state index contributed by atoms with van der Waals surface area (Å²) in [5.41, 5.74) is -0.0462. The van der Waals surface area contributed by atoms with Crippen molar-refractivity contribution in [3.8, 4) is 6.07 Å². The highest BCUT2D eigenvalue weighted by Gasteiger charge is 2.29. The van der Waals surface area contributed by atoms with E-state index in [1.54, 1.807) is 6.07 Å². The van der Waals surface area contributed by atoms with Gasteiger partial charge in [0.1, 0.15) is 6.04 Å². The molecule has 2 heterocycles. The van der Waals surface area contributed by atoms with Crippen LogP contribution in [0.15, 0.2) is 15.7 Å². The van der Waals surface area contributed by atoms with Crippen molar-refractivity contribution in [1.82, 2.24) is 19.9 Å². The molecular weight excluding hydrogens is 358 g/mol. The van der Waals surface area contributed by atoms with Crippen LogP contribution in [0.5, 0.6) is 0 Å². The number of amides is 1. The Kier molecular flexibility index (Phi) is 5.63. The number of aromatic amines is 1. The van der Waals surface area contributed by atoms with Crippen LogP contribution in [0, 0.1) is 17.2 Å². The van der Waals surface area contributed by atoms with Crippen LogP contribution in [0.25, 0.3) is 11.0 Å². The molecule has 148 valence electrons. The first-order valence-electron chi connectivity index (χ1n) is 9.73. The molecule has 1 aliphatic carbocycles. The lowest BCUT2D eigenvalue weighted by Crippen LogP contribution is -2.37. The maximum atomic E-state index is 12.9. The molecule has 1 saturated carbocycles. The lowest BCUT2D eigenvalue weighted by Gasteiger charge is -2.16. The molecule has 1 amide bonds. The van der Waals surface area contributed by atoms with E-state index in [0.717, 1.165) is 19.3 Å². The number of carbonyl (C=O) groups excluding carboxylic acids is 1. The molecule has 1 aliphatic rings. The summed E-state index contributed by atoms with van der Waals surface area (Å²) >= 11 is 0. The Morgan fingerprint density at radius 3 is 2.71 bits per heavy atom. The zero-order valence-corrected chi connectivity index (χ0v) is 16.4. The summed E-state index contributed by atoms with van der Waals surface area (Å²) in [7, 11) is 0. The summed E-state index contributed by atoms with van der Waals surface area (Å²) in [6, 6.07) is 3.07. The normalized spacial score (nSPS) is 14.8. The highest BCUT2D eigenvalue weighted by atomic mass is 16.2. The molecule has 0 spiro atoms. The maximum absolute atomic E-state index is 12.9. The fourth-order valence-electron chi connectivity index (χ4n) is 3.29. The number of nitrogens with zero attached hydrogens (tertiary/aromatic N) is 3. The van der Waals surface area contributed by atoms with E-state index >= 15 is 0 Å². The molecular formula is C20H25N5O3. The van der Waals surface area contributed by atoms with Gasteiger partial charge in [0.05, 0.1) is 17.0 Å². The fourth-order valence-corrected chi connectivity index (χ4v) is 3.29. The van der Waals surface area contributed by atoms with Gasteiger partial charge >= 0.3 is 5.69 Å². The number of nitriles is 1. The van der Waals surface area contributed by atoms with E-state index < -0.39 is 23.2 Å². The predicted molar refractivity (Wildman–Crippen MR) is 105 cm³/mol. The van der Waals surface area contributed by atoms with Crippen LogP contribution >= 0.6 is 0 Å². The molecule has 0 aliphatic heterocycles. The van der Waals surface area contributed by atoms with Gasteiger partial charge in [-0.1, -0.05) is 27.2 Å². The first kappa shape index (κ1) is 19.8. The van der Waals surface area contributed by atoms with Crippen LogP contribution in [0.2, 0.25) is 0 Å². The molecule has 2 aromatic heterocycles. The molecule has 1 unspecified atom stereocenters. The van der Waals surface area contributed by atoms with Gasteiger partial charge in [-0.2, -0.15) is 5.26 Å². The number of rotatable bonds is 7. The summed E-state index contributed by atoms with van der Waals surface area (Å²) in [5.74, 6) is -0.0993. The van der Waals surface area contributed by atoms with E-state index in [1.165, 1.54) is 4.57 Å². The van der Waals surface area contributed by atoms with Gasteiger partial charge in [-0.3, -0.25) is 19.1 Å². The SMILES string of the molecule is CCCC(C#N)NC(=O)c1cc(C2CC2)nc2c1c(=O)[nH]c(=O)n2CC(C)C. The van der Waals surface area contributed by atoms with Crippen LogP contribution in [-0.4, -0.2) is 26.5 Å². The molecule has 0 bridgehead atoms. The summed E-state index contributed by atoms with van der Waals surface area (Å²) < 4.78 is 1.43. The van der Waals surface area contributed by atoms with Crippen molar-refractivity contribution in [1.29, 1.82) is 5.26 Å². The van der Waals surface area contributed by atoms with Crippen LogP contribution in [-0.2, 0) is 6.54 Å². The molecule has 2 N–H and O–H groups in total. The minimum atomic E-state index is -0.635. The summed E-state index contributed by atoms with van der Waals surface area (Å²) in [6.45, 7) is 6.23. The second-order valence-electron chi connectivity index (χ2n) is 7.78. The van der Waals surface area contributed by atoms with Gasteiger partial charge in [0.15, 0.2) is 5.65 Å². The van der Waals surface area contributed by atoms with Crippen molar-refractivity contribution in [2.24, 2.45) is 5.92 Å². The highest BCUT2D eigenvalue weighted by Crippen LogP contribution is 2.39. The number of hydrogen-bond donors (Lipinski definition) is 2. The molecule has 3 rings (SSSR count). The summed E-state index contributed by atoms with van der Waals surface area (Å²) in [5, 5.41) is 12.1. The van der Waals surface area contributed by atoms with E-state index in [1.807, 2.05) is 20.8 Å². The molecule has 28 heavy (non-hydrogen) atoms. The van der Waals surface area contributed by atoms with Crippen molar-refractivity contribution in [2.75, 3.05) is 0 Å². The van der Waals surface area contributed by atoms with E-state index in [2.05, 4.69) is 21.4 Å². The van der Waals surface area contributed by atoms with Gasteiger partial charge in [-0.05, 0) is 31.2 Å². The topological polar surface area (TPSA) is 121 Å². The van der Waals surface area contributed by atoms with Crippen LogP contribution in [0.3, 0.4) is 0 Å². The molecule has 0 saturated heterocycles. The van der Waals surface area contributed by atoms with E-state index in [9.17, 15) is 19.6 Å². The molecule has 1 atom stereocenters. The lowest BCUT2D eigenvalue weighted by atomic mass is 10.1. The Labute approximate surface area is 162 Å². The smallest absolute Gasteiger partial charge is 0.330 e. The average molecular weight is 383 g/mol. The second-order valence-corrected chi connectivity index (χ2v) is 7.78. The molecule has 0 radical (unpaired) electrons. The van der Waals surface area contributed by atoms with Crippen molar-refractivity contribution >= 4 is 16.9 Å². The van der Waals surface area contributed by atoms with Gasteiger partial charge in [-0.15, -0.1) is 0 Å². The first-order chi connectivity index (χ1) is 13.3. The second kappa shape index (κ2) is 7.97. The third kappa shape index (κ3) is 3.98. The molecule has 2 aromatic rings. The monoisotopic (exact) mass is 383 g/mol. The van der Waals surface area contributed by atoms with Crippen molar-refractivity contribution in [3.05, 3.63) is 38.2 Å². The number of H-pyrrole nitrogens is 1. The van der Waals surface area contributed by atoms with Crippen molar-refractivity contribution < 1.29 is 4.79 Å². The fraction of sp³-hybridized carbons (Fsp3) is 0.550. The van der Waals surface area contributed by atoms with Crippen LogP contribution in [0.4, 0.5) is 0 Å². The Bertz CT molecular complexity index is 1060. The quantitative estimate of drug-likeness (QED) is 0.758. The van der Waals surface area contributed by atoms with Crippen molar-refractivity contribution in [3.63, 3.8) is 0 Å². The van der Waals surface area contributed by atoms with Crippen LogP contribution < -0.4 is 16.6 Å². The highest BCUT2D eigenvalue weighted by molar-refractivity contribution is 6.05. The number of nitrogens with one attached hydrogen (secondary N) is 2. The van der Waals surface area contributed by atoms with Gasteiger partial charge < -0.3 is 5.32 Å². The van der Waals surface area contributed by atoms with E-state index in [0.29, 0.717) is 18.7 Å². The largest absolute Gasteiger partial charge is 0.336 e. The third-order valence-electron chi connectivity index (χ3n) is 4.80. The first-order valence-corrected chi connectivity index (χ1v) is 9.73. The van der Waals surface area contributed by atoms with E-state index in [4.69, 9.17) is 0 Å². The number of hydrogen-bond acceptors (Lipinski definition) is 5. The standard InChI is InChI=1S/C20H25N5O3/c1-4-5-13(9-21)22-18(26)14-8-15(12-6-7-12)23-17-16(14)19(27)24-20(28)25(17)10-11(2)3/h8,11-13H,4-7,10H2,1-3H3,(H,22,26)(H,24,27,28). The van der Waals surface area contributed by atoms with Crippen molar-refractivity contribution in [2.45, 2.75) is 65.0 Å². The number of pyridine rings is 1. The lowest BCUT2D eigenvalue weighted by molar-refractivity contribution is 0.0945. The van der Waals surface area contributed by atoms with Gasteiger partial charge in [-0.25, -0.2) is 9.78 Å². The average Bonchev–Trinajstić information content (AvgIpc) is 3.48. The predicted octanol–water partition coefficient (Wildman–Crippen LogP) is 2.04. The minimum Gasteiger partial charge on any atom is -0.336 e. The molecule has 8 nitrogen and oxygen atoms in total. The van der Waals surface area contributed by atoms with Gasteiger partial charge in [0, 0.05) is 18.2 Å². The maximum Gasteiger partial charge on any atom is 0.330 e.